The van der Waals surface area contributed by atoms with Crippen molar-refractivity contribution in [3.63, 3.8) is 0 Å². The van der Waals surface area contributed by atoms with E-state index in [4.69, 9.17) is 28.9 Å². The van der Waals surface area contributed by atoms with Crippen LogP contribution in [0.3, 0.4) is 0 Å². The zero-order valence-corrected chi connectivity index (χ0v) is 24.2. The first kappa shape index (κ1) is 31.0. The van der Waals surface area contributed by atoms with Gasteiger partial charge in [-0.05, 0) is 50.6 Å². The summed E-state index contributed by atoms with van der Waals surface area (Å²) in [5.41, 5.74) is 2.02. The summed E-state index contributed by atoms with van der Waals surface area (Å²) in [4.78, 5) is 26.3. The number of nitriles is 2. The fourth-order valence-corrected chi connectivity index (χ4v) is 4.69. The molecule has 9 nitrogen and oxygen atoms in total. The molecule has 3 aromatic rings. The van der Waals surface area contributed by atoms with E-state index in [2.05, 4.69) is 6.07 Å². The Balaban J connectivity index is 1.69. The van der Waals surface area contributed by atoms with Crippen LogP contribution in [0.1, 0.15) is 44.3 Å². The predicted octanol–water partition coefficient (Wildman–Crippen LogP) is 5.38. The van der Waals surface area contributed by atoms with Crippen molar-refractivity contribution in [2.45, 2.75) is 51.3 Å². The Labute approximate surface area is 250 Å². The lowest BCUT2D eigenvalue weighted by Gasteiger charge is -2.34. The molecule has 1 saturated heterocycles. The Kier molecular flexibility index (Phi) is 10.3. The molecule has 1 heterocycles. The minimum atomic E-state index is -1.44. The molecule has 0 amide bonds. The monoisotopic (exact) mass is 580 g/mol. The minimum absolute atomic E-state index is 0.00885. The zero-order valence-electron chi connectivity index (χ0n) is 24.2. The Bertz CT molecular complexity index is 1520. The summed E-state index contributed by atoms with van der Waals surface area (Å²) in [5.74, 6) is -1.22. The van der Waals surface area contributed by atoms with Gasteiger partial charge < -0.3 is 23.7 Å². The smallest absolute Gasteiger partial charge is 0.338 e. The summed E-state index contributed by atoms with van der Waals surface area (Å²) in [6, 6.07) is 27.0. The van der Waals surface area contributed by atoms with Crippen molar-refractivity contribution in [1.29, 1.82) is 10.5 Å². The van der Waals surface area contributed by atoms with E-state index < -0.39 is 35.9 Å². The molecule has 220 valence electrons. The largest absolute Gasteiger partial charge is 0.485 e. The molecule has 0 aliphatic carbocycles. The van der Waals surface area contributed by atoms with Crippen LogP contribution in [0.5, 0.6) is 0 Å². The van der Waals surface area contributed by atoms with Gasteiger partial charge in [0.2, 0.25) is 0 Å². The first-order chi connectivity index (χ1) is 20.7. The number of carbonyl (C=O) groups excluding carboxylic acids is 2. The molecule has 1 aliphatic rings. The highest BCUT2D eigenvalue weighted by atomic mass is 16.6. The summed E-state index contributed by atoms with van der Waals surface area (Å²) >= 11 is 0. The standard InChI is InChI=1S/C34H32N2O7/c1-23-9-13-26(14-10-23)32(37)40-22-29-31(43-33(38)27-15-11-24(2)12-16-27)34(3,41-20-25-7-5-4-6-8-25)30(42-29)28(19-36)21-39-18-17-35/h4-16,21,29-31H,18,20,22H2,1-3H3/t29?,30-,31+,34-/m0/s1. The topological polar surface area (TPSA) is 128 Å². The van der Waals surface area contributed by atoms with Crippen LogP contribution in [0.4, 0.5) is 0 Å². The van der Waals surface area contributed by atoms with Crippen LogP contribution >= 0.6 is 0 Å². The fraction of sp³-hybridized carbons (Fsp3) is 0.294. The first-order valence-corrected chi connectivity index (χ1v) is 13.7. The van der Waals surface area contributed by atoms with Crippen molar-refractivity contribution >= 4 is 11.9 Å². The van der Waals surface area contributed by atoms with E-state index in [1.54, 1.807) is 55.5 Å². The highest BCUT2D eigenvalue weighted by Crippen LogP contribution is 2.41. The van der Waals surface area contributed by atoms with Crippen molar-refractivity contribution in [1.82, 2.24) is 0 Å². The quantitative estimate of drug-likeness (QED) is 0.127. The maximum Gasteiger partial charge on any atom is 0.338 e. The molecule has 0 radical (unpaired) electrons. The van der Waals surface area contributed by atoms with Gasteiger partial charge in [0.1, 0.15) is 42.8 Å². The van der Waals surface area contributed by atoms with Gasteiger partial charge in [0.05, 0.1) is 23.3 Å². The second kappa shape index (κ2) is 14.3. The minimum Gasteiger partial charge on any atom is -0.485 e. The van der Waals surface area contributed by atoms with Crippen LogP contribution in [0.25, 0.3) is 0 Å². The number of aryl methyl sites for hydroxylation is 2. The van der Waals surface area contributed by atoms with Crippen LogP contribution in [0.2, 0.25) is 0 Å². The van der Waals surface area contributed by atoms with Gasteiger partial charge in [-0.1, -0.05) is 65.7 Å². The number of esters is 2. The molecular formula is C34H32N2O7. The highest BCUT2D eigenvalue weighted by molar-refractivity contribution is 5.90. The molecule has 4 rings (SSSR count). The van der Waals surface area contributed by atoms with Crippen molar-refractivity contribution in [3.8, 4) is 12.1 Å². The van der Waals surface area contributed by atoms with Gasteiger partial charge in [-0.15, -0.1) is 0 Å². The number of ether oxygens (including phenoxy) is 5. The van der Waals surface area contributed by atoms with Crippen LogP contribution in [-0.2, 0) is 30.3 Å². The van der Waals surface area contributed by atoms with E-state index in [0.717, 1.165) is 23.0 Å². The lowest BCUT2D eigenvalue weighted by molar-refractivity contribution is -0.120. The third kappa shape index (κ3) is 7.66. The van der Waals surface area contributed by atoms with E-state index in [-0.39, 0.29) is 25.4 Å². The maximum absolute atomic E-state index is 13.4. The average molecular weight is 581 g/mol. The summed E-state index contributed by atoms with van der Waals surface area (Å²) in [5, 5.41) is 19.0. The third-order valence-electron chi connectivity index (χ3n) is 7.08. The summed E-state index contributed by atoms with van der Waals surface area (Å²) in [7, 11) is 0. The average Bonchev–Trinajstić information content (AvgIpc) is 3.29. The molecule has 3 aromatic carbocycles. The van der Waals surface area contributed by atoms with Gasteiger partial charge in [-0.3, -0.25) is 0 Å². The molecule has 0 N–H and O–H groups in total. The predicted molar refractivity (Wildman–Crippen MR) is 155 cm³/mol. The molecule has 0 saturated carbocycles. The molecule has 4 atom stereocenters. The van der Waals surface area contributed by atoms with E-state index in [9.17, 15) is 14.9 Å². The Morgan fingerprint density at radius 2 is 1.51 bits per heavy atom. The molecule has 1 unspecified atom stereocenters. The van der Waals surface area contributed by atoms with Gasteiger partial charge >= 0.3 is 11.9 Å². The van der Waals surface area contributed by atoms with Crippen molar-refractivity contribution in [3.05, 3.63) is 119 Å². The number of carbonyl (C=O) groups is 2. The summed E-state index contributed by atoms with van der Waals surface area (Å²) < 4.78 is 29.6. The number of rotatable bonds is 11. The number of benzene rings is 3. The van der Waals surface area contributed by atoms with Gasteiger partial charge in [0, 0.05) is 0 Å². The van der Waals surface area contributed by atoms with E-state index in [1.165, 1.54) is 0 Å². The number of nitrogens with zero attached hydrogens (tertiary/aromatic N) is 2. The van der Waals surface area contributed by atoms with Gasteiger partial charge in [-0.2, -0.15) is 10.5 Å². The highest BCUT2D eigenvalue weighted by Gasteiger charge is 2.59. The molecule has 0 spiro atoms. The summed E-state index contributed by atoms with van der Waals surface area (Å²) in [6.45, 7) is 5.00. The molecule has 0 bridgehead atoms. The fourth-order valence-electron chi connectivity index (χ4n) is 4.69. The van der Waals surface area contributed by atoms with Crippen molar-refractivity contribution < 1.29 is 33.3 Å². The van der Waals surface area contributed by atoms with E-state index in [1.807, 2.05) is 50.2 Å². The Hall–Kier alpha value is -4.96. The Morgan fingerprint density at radius 1 is 0.907 bits per heavy atom. The van der Waals surface area contributed by atoms with E-state index >= 15 is 0 Å². The lowest BCUT2D eigenvalue weighted by atomic mass is 9.88. The second-order valence-electron chi connectivity index (χ2n) is 10.3. The molecule has 9 heteroatoms. The molecule has 0 aromatic heterocycles. The SMILES string of the molecule is Cc1ccc(C(=O)OCC2O[C@@H](C(C#N)=COCC#N)[C@](C)(OCc3ccccc3)[C@@H]2OC(=O)c2ccc(C)cc2)cc1. The second-order valence-corrected chi connectivity index (χ2v) is 10.3. The van der Waals surface area contributed by atoms with Gasteiger partial charge in [0.15, 0.2) is 12.7 Å². The van der Waals surface area contributed by atoms with Crippen molar-refractivity contribution in [2.24, 2.45) is 0 Å². The normalized spacial score (nSPS) is 21.3. The van der Waals surface area contributed by atoms with Gasteiger partial charge in [0.25, 0.3) is 0 Å². The number of hydrogen-bond donors (Lipinski definition) is 0. The van der Waals surface area contributed by atoms with Crippen LogP contribution in [-0.4, -0.2) is 49.1 Å². The third-order valence-corrected chi connectivity index (χ3v) is 7.08. The Morgan fingerprint density at radius 3 is 2.09 bits per heavy atom. The van der Waals surface area contributed by atoms with Crippen LogP contribution in [0, 0.1) is 36.5 Å². The molecule has 43 heavy (non-hydrogen) atoms. The first-order valence-electron chi connectivity index (χ1n) is 13.7. The molecule has 1 fully saturated rings. The maximum atomic E-state index is 13.4. The van der Waals surface area contributed by atoms with Crippen LogP contribution < -0.4 is 0 Å². The zero-order chi connectivity index (χ0) is 30.8. The van der Waals surface area contributed by atoms with Crippen molar-refractivity contribution in [2.75, 3.05) is 13.2 Å². The van der Waals surface area contributed by atoms with Gasteiger partial charge in [-0.25, -0.2) is 9.59 Å². The number of hydrogen-bond acceptors (Lipinski definition) is 9. The lowest BCUT2D eigenvalue weighted by Crippen LogP contribution is -2.51. The van der Waals surface area contributed by atoms with E-state index in [0.29, 0.717) is 11.1 Å². The molecule has 1 aliphatic heterocycles. The summed E-state index contributed by atoms with van der Waals surface area (Å²) in [6.07, 6.45) is -2.09. The van der Waals surface area contributed by atoms with Crippen LogP contribution in [0.15, 0.2) is 90.7 Å². The molecular weight excluding hydrogens is 548 g/mol.